The molecule has 4 bridgehead atoms. The van der Waals surface area contributed by atoms with Crippen LogP contribution < -0.4 is 16.2 Å². The number of carbonyl (C=O) groups is 3. The molecule has 0 unspecified atom stereocenters. The minimum atomic E-state index is -0.247. The zero-order chi connectivity index (χ0) is 19.6. The number of carbonyl (C=O) groups excluding carboxylic acids is 3. The van der Waals surface area contributed by atoms with Crippen molar-refractivity contribution < 1.29 is 14.4 Å². The minimum Gasteiger partial charge on any atom is -0.355 e. The maximum atomic E-state index is 12.4. The van der Waals surface area contributed by atoms with E-state index in [1.54, 1.807) is 0 Å². The second-order valence-electron chi connectivity index (χ2n) is 10.1. The fourth-order valence-corrected chi connectivity index (χ4v) is 6.90. The summed E-state index contributed by atoms with van der Waals surface area (Å²) < 4.78 is 0. The second kappa shape index (κ2) is 8.42. The van der Waals surface area contributed by atoms with Crippen LogP contribution in [-0.2, 0) is 14.4 Å². The molecule has 3 N–H and O–H groups in total. The summed E-state index contributed by atoms with van der Waals surface area (Å²) in [5, 5.41) is 2.86. The van der Waals surface area contributed by atoms with Crippen molar-refractivity contribution in [2.45, 2.75) is 83.5 Å². The Morgan fingerprint density at radius 2 is 1.36 bits per heavy atom. The van der Waals surface area contributed by atoms with Crippen molar-refractivity contribution in [2.75, 3.05) is 6.54 Å². The number of hydrogen-bond donors (Lipinski definition) is 3. The summed E-state index contributed by atoms with van der Waals surface area (Å²) in [6.07, 6.45) is 13.8. The van der Waals surface area contributed by atoms with Gasteiger partial charge in [-0.3, -0.25) is 25.2 Å². The van der Waals surface area contributed by atoms with Crippen molar-refractivity contribution >= 4 is 17.7 Å². The molecule has 5 rings (SSSR count). The molecule has 6 nitrogen and oxygen atoms in total. The largest absolute Gasteiger partial charge is 0.355 e. The molecule has 0 aromatic carbocycles. The summed E-state index contributed by atoms with van der Waals surface area (Å²) >= 11 is 0. The van der Waals surface area contributed by atoms with E-state index < -0.39 is 0 Å². The lowest BCUT2D eigenvalue weighted by Gasteiger charge is -2.56. The van der Waals surface area contributed by atoms with Gasteiger partial charge in [0.25, 0.3) is 0 Å². The molecule has 0 aliphatic heterocycles. The molecule has 3 amide bonds. The number of rotatable bonds is 6. The lowest BCUT2D eigenvalue weighted by molar-refractivity contribution is -0.134. The predicted molar refractivity (Wildman–Crippen MR) is 106 cm³/mol. The highest BCUT2D eigenvalue weighted by molar-refractivity contribution is 5.83. The van der Waals surface area contributed by atoms with E-state index >= 15 is 0 Å². The van der Waals surface area contributed by atoms with Crippen LogP contribution in [0.15, 0.2) is 0 Å². The van der Waals surface area contributed by atoms with Crippen LogP contribution in [0.4, 0.5) is 0 Å². The van der Waals surface area contributed by atoms with Crippen LogP contribution in [0, 0.1) is 29.1 Å². The van der Waals surface area contributed by atoms with Crippen molar-refractivity contribution in [2.24, 2.45) is 29.1 Å². The van der Waals surface area contributed by atoms with Crippen LogP contribution in [0.3, 0.4) is 0 Å². The second-order valence-corrected chi connectivity index (χ2v) is 10.1. The van der Waals surface area contributed by atoms with Gasteiger partial charge in [-0.15, -0.1) is 0 Å². The van der Waals surface area contributed by atoms with E-state index in [1.807, 2.05) is 0 Å². The monoisotopic (exact) mass is 389 g/mol. The Kier molecular flexibility index (Phi) is 5.93. The third kappa shape index (κ3) is 4.69. The third-order valence-corrected chi connectivity index (χ3v) is 7.67. The van der Waals surface area contributed by atoms with Crippen LogP contribution in [-0.4, -0.2) is 24.3 Å². The van der Waals surface area contributed by atoms with Crippen LogP contribution in [0.5, 0.6) is 0 Å². The molecular weight excluding hydrogens is 354 g/mol. The maximum absolute atomic E-state index is 12.4. The average molecular weight is 390 g/mol. The first kappa shape index (κ1) is 19.7. The zero-order valence-electron chi connectivity index (χ0n) is 16.9. The van der Waals surface area contributed by atoms with Gasteiger partial charge in [0.15, 0.2) is 0 Å². The quantitative estimate of drug-likeness (QED) is 0.611. The van der Waals surface area contributed by atoms with Gasteiger partial charge in [0.1, 0.15) is 0 Å². The van der Waals surface area contributed by atoms with E-state index in [1.165, 1.54) is 44.9 Å². The molecule has 6 heteroatoms. The number of hydrogen-bond acceptors (Lipinski definition) is 3. The summed E-state index contributed by atoms with van der Waals surface area (Å²) in [4.78, 5) is 36.5. The molecule has 0 saturated heterocycles. The van der Waals surface area contributed by atoms with Gasteiger partial charge < -0.3 is 5.32 Å². The van der Waals surface area contributed by atoms with Crippen molar-refractivity contribution in [3.63, 3.8) is 0 Å². The molecule has 5 aliphatic rings. The van der Waals surface area contributed by atoms with E-state index in [9.17, 15) is 14.4 Å². The fourth-order valence-electron chi connectivity index (χ4n) is 6.90. The molecule has 0 aromatic rings. The lowest BCUT2D eigenvalue weighted by Crippen LogP contribution is -2.50. The molecule has 0 spiro atoms. The number of hydrazine groups is 1. The fraction of sp³-hybridized carbons (Fsp3) is 0.864. The minimum absolute atomic E-state index is 0.0679. The maximum Gasteiger partial charge on any atom is 0.240 e. The summed E-state index contributed by atoms with van der Waals surface area (Å²) in [5.74, 6) is 2.32. The molecule has 5 fully saturated rings. The van der Waals surface area contributed by atoms with Crippen LogP contribution in [0.1, 0.15) is 83.5 Å². The van der Waals surface area contributed by atoms with Gasteiger partial charge in [-0.1, -0.05) is 19.3 Å². The van der Waals surface area contributed by atoms with E-state index in [4.69, 9.17) is 0 Å². The van der Waals surface area contributed by atoms with Crippen LogP contribution >= 0.6 is 0 Å². The lowest BCUT2D eigenvalue weighted by atomic mass is 9.49. The van der Waals surface area contributed by atoms with Gasteiger partial charge in [0, 0.05) is 25.3 Å². The van der Waals surface area contributed by atoms with Crippen LogP contribution in [0.25, 0.3) is 0 Å². The Morgan fingerprint density at radius 1 is 0.786 bits per heavy atom. The number of amides is 3. The topological polar surface area (TPSA) is 87.3 Å². The first-order valence-electron chi connectivity index (χ1n) is 11.4. The summed E-state index contributed by atoms with van der Waals surface area (Å²) in [5.41, 5.74) is 5.31. The molecule has 0 aromatic heterocycles. The Labute approximate surface area is 167 Å². The van der Waals surface area contributed by atoms with Gasteiger partial charge in [-0.05, 0) is 74.5 Å². The van der Waals surface area contributed by atoms with E-state index in [0.717, 1.165) is 43.4 Å². The molecule has 0 atom stereocenters. The molecule has 5 saturated carbocycles. The highest BCUT2D eigenvalue weighted by Crippen LogP contribution is 2.61. The smallest absolute Gasteiger partial charge is 0.240 e. The summed E-state index contributed by atoms with van der Waals surface area (Å²) in [6, 6.07) is 0. The van der Waals surface area contributed by atoms with Crippen molar-refractivity contribution in [3.05, 3.63) is 0 Å². The van der Waals surface area contributed by atoms with Crippen molar-refractivity contribution in [1.82, 2.24) is 16.2 Å². The number of nitrogens with one attached hydrogen (secondary N) is 3. The average Bonchev–Trinajstić information content (AvgIpc) is 2.65. The van der Waals surface area contributed by atoms with Gasteiger partial charge in [-0.25, -0.2) is 0 Å². The SMILES string of the molecule is O=C(CCNC(=O)C1CCCCC1)NNC(=O)CC12CC3CC(CC(C3)C1)C2. The Balaban J connectivity index is 1.13. The molecular formula is C22H35N3O3. The highest BCUT2D eigenvalue weighted by Gasteiger charge is 2.51. The van der Waals surface area contributed by atoms with E-state index in [0.29, 0.717) is 13.0 Å². The molecule has 156 valence electrons. The Bertz CT molecular complexity index is 577. The first-order valence-corrected chi connectivity index (χ1v) is 11.4. The van der Waals surface area contributed by atoms with Gasteiger partial charge in [0.05, 0.1) is 0 Å². The van der Waals surface area contributed by atoms with E-state index in [-0.39, 0.29) is 35.5 Å². The Morgan fingerprint density at radius 3 is 1.96 bits per heavy atom. The highest BCUT2D eigenvalue weighted by atomic mass is 16.2. The molecule has 0 heterocycles. The van der Waals surface area contributed by atoms with Crippen molar-refractivity contribution in [3.8, 4) is 0 Å². The molecule has 5 aliphatic carbocycles. The predicted octanol–water partition coefficient (Wildman–Crippen LogP) is 2.83. The van der Waals surface area contributed by atoms with Gasteiger partial charge in [0.2, 0.25) is 17.7 Å². The standard InChI is InChI=1S/C22H35N3O3/c26-19(6-7-23-21(28)18-4-2-1-3-5-18)24-25-20(27)14-22-11-15-8-16(12-22)10-17(9-15)13-22/h15-18H,1-14H2,(H,23,28)(H,24,26)(H,25,27). The first-order chi connectivity index (χ1) is 13.5. The van der Waals surface area contributed by atoms with E-state index in [2.05, 4.69) is 16.2 Å². The summed E-state index contributed by atoms with van der Waals surface area (Å²) in [6.45, 7) is 0.325. The van der Waals surface area contributed by atoms with Gasteiger partial charge >= 0.3 is 0 Å². The molecule has 28 heavy (non-hydrogen) atoms. The van der Waals surface area contributed by atoms with Crippen molar-refractivity contribution in [1.29, 1.82) is 0 Å². The third-order valence-electron chi connectivity index (χ3n) is 7.67. The molecule has 0 radical (unpaired) electrons. The summed E-state index contributed by atoms with van der Waals surface area (Å²) in [7, 11) is 0. The normalized spacial score (nSPS) is 34.1. The Hall–Kier alpha value is -1.59. The van der Waals surface area contributed by atoms with Gasteiger partial charge in [-0.2, -0.15) is 0 Å². The van der Waals surface area contributed by atoms with Crippen LogP contribution in [0.2, 0.25) is 0 Å². The zero-order valence-corrected chi connectivity index (χ0v) is 16.9.